The van der Waals surface area contributed by atoms with Gasteiger partial charge in [0.1, 0.15) is 6.54 Å². The Labute approximate surface area is 175 Å². The minimum absolute atomic E-state index is 0.0785. The van der Waals surface area contributed by atoms with Crippen molar-refractivity contribution >= 4 is 22.5 Å². The molecule has 0 unspecified atom stereocenters. The molecule has 3 heterocycles. The van der Waals surface area contributed by atoms with E-state index >= 15 is 0 Å². The van der Waals surface area contributed by atoms with E-state index in [1.165, 1.54) is 0 Å². The van der Waals surface area contributed by atoms with Crippen molar-refractivity contribution in [2.24, 2.45) is 0 Å². The zero-order valence-electron chi connectivity index (χ0n) is 16.7. The van der Waals surface area contributed by atoms with Gasteiger partial charge in [-0.3, -0.25) is 9.48 Å². The minimum atomic E-state index is -0.0785. The lowest BCUT2D eigenvalue weighted by Gasteiger charge is -2.11. The number of aromatic nitrogens is 3. The van der Waals surface area contributed by atoms with Crippen LogP contribution in [0.15, 0.2) is 73.1 Å². The number of para-hydroxylation sites is 1. The van der Waals surface area contributed by atoms with Gasteiger partial charge in [-0.2, -0.15) is 5.10 Å². The molecule has 4 aromatic rings. The predicted octanol–water partition coefficient (Wildman–Crippen LogP) is 4.32. The molecule has 152 valence electrons. The number of nitrogens with one attached hydrogen (secondary N) is 1. The van der Waals surface area contributed by atoms with Crippen LogP contribution in [0.25, 0.3) is 22.2 Å². The van der Waals surface area contributed by atoms with Gasteiger partial charge in [0, 0.05) is 29.4 Å². The second kappa shape index (κ2) is 8.16. The largest absolute Gasteiger partial charge is 0.376 e. The molecule has 5 rings (SSSR count). The fraction of sp³-hybridized carbons (Fsp3) is 0.250. The number of amides is 1. The third-order valence-electron chi connectivity index (χ3n) is 5.51. The Morgan fingerprint density at radius 3 is 2.80 bits per heavy atom. The van der Waals surface area contributed by atoms with Crippen molar-refractivity contribution in [3.05, 3.63) is 73.1 Å². The summed E-state index contributed by atoms with van der Waals surface area (Å²) in [4.78, 5) is 12.9. The molecule has 1 N–H and O–H groups in total. The smallest absolute Gasteiger partial charge is 0.244 e. The molecule has 2 aromatic carbocycles. The second-order valence-corrected chi connectivity index (χ2v) is 7.67. The summed E-state index contributed by atoms with van der Waals surface area (Å²) in [5, 5.41) is 8.46. The van der Waals surface area contributed by atoms with Crippen molar-refractivity contribution in [3.63, 3.8) is 0 Å². The number of hydrogen-bond acceptors (Lipinski definition) is 3. The first-order chi connectivity index (χ1) is 14.8. The number of anilines is 1. The van der Waals surface area contributed by atoms with Gasteiger partial charge < -0.3 is 14.6 Å². The monoisotopic (exact) mass is 400 g/mol. The van der Waals surface area contributed by atoms with E-state index in [2.05, 4.69) is 45.3 Å². The fourth-order valence-electron chi connectivity index (χ4n) is 4.10. The quantitative estimate of drug-likeness (QED) is 0.524. The third kappa shape index (κ3) is 3.86. The van der Waals surface area contributed by atoms with Gasteiger partial charge in [-0.05, 0) is 30.5 Å². The van der Waals surface area contributed by atoms with Gasteiger partial charge in [-0.15, -0.1) is 0 Å². The predicted molar refractivity (Wildman–Crippen MR) is 117 cm³/mol. The van der Waals surface area contributed by atoms with Crippen LogP contribution in [0, 0.1) is 0 Å². The van der Waals surface area contributed by atoms with E-state index in [0.29, 0.717) is 5.69 Å². The highest BCUT2D eigenvalue weighted by molar-refractivity contribution is 5.94. The molecule has 0 aliphatic carbocycles. The van der Waals surface area contributed by atoms with Crippen LogP contribution in [0.3, 0.4) is 0 Å². The fourth-order valence-corrected chi connectivity index (χ4v) is 4.10. The number of nitrogens with zero attached hydrogens (tertiary/aromatic N) is 3. The average molecular weight is 400 g/mol. The molecule has 30 heavy (non-hydrogen) atoms. The van der Waals surface area contributed by atoms with Crippen molar-refractivity contribution in [2.75, 3.05) is 11.9 Å². The number of benzene rings is 2. The first-order valence-corrected chi connectivity index (χ1v) is 10.3. The summed E-state index contributed by atoms with van der Waals surface area (Å²) in [6, 6.07) is 20.4. The van der Waals surface area contributed by atoms with E-state index in [9.17, 15) is 4.79 Å². The van der Waals surface area contributed by atoms with Crippen LogP contribution in [0.5, 0.6) is 0 Å². The van der Waals surface area contributed by atoms with Crippen LogP contribution in [-0.2, 0) is 22.6 Å². The van der Waals surface area contributed by atoms with Crippen LogP contribution in [0.2, 0.25) is 0 Å². The standard InChI is InChI=1S/C24H24N4O2/c29-24(26-20-14-25-27(15-20)16-21-10-6-12-30-21)17-28-22-11-5-4-9-19(22)13-23(28)18-7-2-1-3-8-18/h1-5,7-9,11,13-15,21H,6,10,12,16-17H2,(H,26,29)/t21-/m0/s1. The number of ether oxygens (including phenoxy) is 1. The number of hydrogen-bond donors (Lipinski definition) is 1. The lowest BCUT2D eigenvalue weighted by Crippen LogP contribution is -2.19. The summed E-state index contributed by atoms with van der Waals surface area (Å²) < 4.78 is 9.57. The zero-order chi connectivity index (χ0) is 20.3. The van der Waals surface area contributed by atoms with Gasteiger partial charge in [-0.1, -0.05) is 48.5 Å². The highest BCUT2D eigenvalue weighted by Crippen LogP contribution is 2.28. The summed E-state index contributed by atoms with van der Waals surface area (Å²) in [5.74, 6) is -0.0785. The Kier molecular flexibility index (Phi) is 5.07. The Balaban J connectivity index is 1.35. The highest BCUT2D eigenvalue weighted by Gasteiger charge is 2.17. The molecule has 1 fully saturated rings. The first kappa shape index (κ1) is 18.6. The van der Waals surface area contributed by atoms with Gasteiger partial charge in [0.15, 0.2) is 0 Å². The molecule has 1 aliphatic rings. The topological polar surface area (TPSA) is 61.1 Å². The summed E-state index contributed by atoms with van der Waals surface area (Å²) >= 11 is 0. The molecule has 0 saturated carbocycles. The van der Waals surface area contributed by atoms with E-state index in [-0.39, 0.29) is 18.6 Å². The summed E-state index contributed by atoms with van der Waals surface area (Å²) in [7, 11) is 0. The number of carbonyl (C=O) groups is 1. The first-order valence-electron chi connectivity index (χ1n) is 10.3. The summed E-state index contributed by atoms with van der Waals surface area (Å²) in [5.41, 5.74) is 3.86. The van der Waals surface area contributed by atoms with Gasteiger partial charge in [0.05, 0.1) is 24.5 Å². The number of rotatable bonds is 6. The van der Waals surface area contributed by atoms with E-state index in [0.717, 1.165) is 48.2 Å². The molecule has 6 heteroatoms. The van der Waals surface area contributed by atoms with Crippen LogP contribution in [-0.4, -0.2) is 33.0 Å². The maximum atomic E-state index is 12.9. The highest BCUT2D eigenvalue weighted by atomic mass is 16.5. The Morgan fingerprint density at radius 2 is 1.97 bits per heavy atom. The summed E-state index contributed by atoms with van der Waals surface area (Å²) in [6.45, 7) is 1.77. The van der Waals surface area contributed by atoms with Crippen molar-refractivity contribution in [1.82, 2.24) is 14.3 Å². The maximum absolute atomic E-state index is 12.9. The minimum Gasteiger partial charge on any atom is -0.376 e. The van der Waals surface area contributed by atoms with Gasteiger partial charge >= 0.3 is 0 Å². The Bertz CT molecular complexity index is 1160. The van der Waals surface area contributed by atoms with E-state index in [1.54, 1.807) is 6.20 Å². The summed E-state index contributed by atoms with van der Waals surface area (Å²) in [6.07, 6.45) is 5.94. The lowest BCUT2D eigenvalue weighted by atomic mass is 10.1. The molecule has 1 aliphatic heterocycles. The van der Waals surface area contributed by atoms with Crippen LogP contribution < -0.4 is 5.32 Å². The molecule has 1 atom stereocenters. The average Bonchev–Trinajstić information content (AvgIpc) is 3.51. The molecule has 1 amide bonds. The van der Waals surface area contributed by atoms with Crippen molar-refractivity contribution in [2.45, 2.75) is 32.0 Å². The molecule has 0 bridgehead atoms. The van der Waals surface area contributed by atoms with Crippen LogP contribution in [0.4, 0.5) is 5.69 Å². The lowest BCUT2D eigenvalue weighted by molar-refractivity contribution is -0.116. The number of carbonyl (C=O) groups excluding carboxylic acids is 1. The van der Waals surface area contributed by atoms with Crippen LogP contribution in [0.1, 0.15) is 12.8 Å². The second-order valence-electron chi connectivity index (χ2n) is 7.67. The van der Waals surface area contributed by atoms with E-state index < -0.39 is 0 Å². The van der Waals surface area contributed by atoms with Gasteiger partial charge in [0.25, 0.3) is 0 Å². The Hall–Kier alpha value is -3.38. The molecule has 2 aromatic heterocycles. The molecule has 0 radical (unpaired) electrons. The molecule has 6 nitrogen and oxygen atoms in total. The maximum Gasteiger partial charge on any atom is 0.244 e. The van der Waals surface area contributed by atoms with Crippen molar-refractivity contribution in [1.29, 1.82) is 0 Å². The molecular formula is C24H24N4O2. The van der Waals surface area contributed by atoms with Crippen LogP contribution >= 0.6 is 0 Å². The normalized spacial score (nSPS) is 16.2. The molecular weight excluding hydrogens is 376 g/mol. The Morgan fingerprint density at radius 1 is 1.13 bits per heavy atom. The van der Waals surface area contributed by atoms with E-state index in [1.807, 2.05) is 41.2 Å². The van der Waals surface area contributed by atoms with Gasteiger partial charge in [-0.25, -0.2) is 0 Å². The zero-order valence-corrected chi connectivity index (χ0v) is 16.7. The van der Waals surface area contributed by atoms with Gasteiger partial charge in [0.2, 0.25) is 5.91 Å². The molecule has 0 spiro atoms. The third-order valence-corrected chi connectivity index (χ3v) is 5.51. The molecule has 1 saturated heterocycles. The number of fused-ring (bicyclic) bond motifs is 1. The van der Waals surface area contributed by atoms with Crippen molar-refractivity contribution < 1.29 is 9.53 Å². The van der Waals surface area contributed by atoms with Crippen molar-refractivity contribution in [3.8, 4) is 11.3 Å². The SMILES string of the molecule is O=C(Cn1c(-c2ccccc2)cc2ccccc21)Nc1cnn(C[C@@H]2CCCO2)c1. The van der Waals surface area contributed by atoms with E-state index in [4.69, 9.17) is 4.74 Å².